The first-order chi connectivity index (χ1) is 12.5. The minimum atomic E-state index is -0.120. The molecule has 0 atom stereocenters. The summed E-state index contributed by atoms with van der Waals surface area (Å²) in [6, 6.07) is 9.02. The smallest absolute Gasteiger partial charge is 0.255 e. The van der Waals surface area contributed by atoms with Gasteiger partial charge in [-0.2, -0.15) is 5.26 Å². The fourth-order valence-corrected chi connectivity index (χ4v) is 3.31. The minimum Gasteiger partial charge on any atom is -0.469 e. The van der Waals surface area contributed by atoms with Crippen molar-refractivity contribution in [1.29, 1.82) is 5.26 Å². The Kier molecular flexibility index (Phi) is 5.08. The molecule has 3 rings (SSSR count). The molecule has 1 N–H and O–H groups in total. The van der Waals surface area contributed by atoms with Crippen LogP contribution in [0.2, 0.25) is 0 Å². The Hall–Kier alpha value is -3.07. The molecule has 1 aromatic carbocycles. The molecule has 1 aliphatic heterocycles. The van der Waals surface area contributed by atoms with Gasteiger partial charge in [0.2, 0.25) is 0 Å². The van der Waals surface area contributed by atoms with Crippen LogP contribution in [0.15, 0.2) is 34.9 Å². The second-order valence-corrected chi connectivity index (χ2v) is 6.53. The number of rotatable bonds is 4. The quantitative estimate of drug-likeness (QED) is 0.856. The number of nitriles is 1. The lowest BCUT2D eigenvalue weighted by Gasteiger charge is -2.35. The summed E-state index contributed by atoms with van der Waals surface area (Å²) < 4.78 is 5.18. The van der Waals surface area contributed by atoms with Crippen molar-refractivity contribution in [2.24, 2.45) is 0 Å². The number of nitrogens with one attached hydrogen (secondary N) is 1. The largest absolute Gasteiger partial charge is 0.469 e. The number of aryl methyl sites for hydroxylation is 1. The molecule has 1 aromatic heterocycles. The van der Waals surface area contributed by atoms with Crippen molar-refractivity contribution in [3.8, 4) is 6.07 Å². The topological polar surface area (TPSA) is 86.3 Å². The number of Topliss-reactive ketones (excluding diaryl/α,β-unsaturated/α-hetero) is 1. The molecule has 0 saturated carbocycles. The van der Waals surface area contributed by atoms with Crippen LogP contribution in [-0.2, 0) is 0 Å². The zero-order valence-corrected chi connectivity index (χ0v) is 14.9. The van der Waals surface area contributed by atoms with E-state index in [1.165, 1.54) is 13.2 Å². The highest BCUT2D eigenvalue weighted by Crippen LogP contribution is 2.26. The van der Waals surface area contributed by atoms with Gasteiger partial charge in [0.15, 0.2) is 5.78 Å². The van der Waals surface area contributed by atoms with E-state index in [-0.39, 0.29) is 17.7 Å². The first-order valence-corrected chi connectivity index (χ1v) is 8.64. The molecule has 6 heteroatoms. The van der Waals surface area contributed by atoms with Crippen LogP contribution in [0, 0.1) is 18.3 Å². The van der Waals surface area contributed by atoms with Gasteiger partial charge < -0.3 is 14.6 Å². The van der Waals surface area contributed by atoms with Crippen LogP contribution in [0.4, 0.5) is 5.69 Å². The van der Waals surface area contributed by atoms with Crippen LogP contribution in [0.3, 0.4) is 0 Å². The second kappa shape index (κ2) is 7.44. The highest BCUT2D eigenvalue weighted by atomic mass is 16.3. The van der Waals surface area contributed by atoms with Gasteiger partial charge >= 0.3 is 0 Å². The molecule has 6 nitrogen and oxygen atoms in total. The van der Waals surface area contributed by atoms with Gasteiger partial charge in [0, 0.05) is 30.4 Å². The number of anilines is 1. The Labute approximate surface area is 152 Å². The molecule has 0 spiro atoms. The summed E-state index contributed by atoms with van der Waals surface area (Å²) >= 11 is 0. The van der Waals surface area contributed by atoms with Crippen molar-refractivity contribution in [2.45, 2.75) is 32.7 Å². The normalized spacial score (nSPS) is 14.7. The van der Waals surface area contributed by atoms with E-state index < -0.39 is 0 Å². The Morgan fingerprint density at radius 1 is 1.23 bits per heavy atom. The number of piperidine rings is 1. The predicted molar refractivity (Wildman–Crippen MR) is 97.3 cm³/mol. The highest BCUT2D eigenvalue weighted by molar-refractivity contribution is 6.00. The second-order valence-electron chi connectivity index (χ2n) is 6.53. The van der Waals surface area contributed by atoms with E-state index in [2.05, 4.69) is 16.3 Å². The van der Waals surface area contributed by atoms with Crippen molar-refractivity contribution in [2.75, 3.05) is 18.0 Å². The predicted octanol–water partition coefficient (Wildman–Crippen LogP) is 3.06. The van der Waals surface area contributed by atoms with Crippen LogP contribution >= 0.6 is 0 Å². The number of ketones is 1. The van der Waals surface area contributed by atoms with E-state index >= 15 is 0 Å². The number of carbonyl (C=O) groups excluding carboxylic acids is 2. The summed E-state index contributed by atoms with van der Waals surface area (Å²) in [5.74, 6) is 0.473. The van der Waals surface area contributed by atoms with E-state index in [1.54, 1.807) is 31.2 Å². The van der Waals surface area contributed by atoms with Crippen LogP contribution < -0.4 is 10.2 Å². The highest BCUT2D eigenvalue weighted by Gasteiger charge is 2.24. The van der Waals surface area contributed by atoms with Crippen molar-refractivity contribution in [3.05, 3.63) is 53.0 Å². The summed E-state index contributed by atoms with van der Waals surface area (Å²) in [6.45, 7) is 4.73. The Morgan fingerprint density at radius 3 is 2.54 bits per heavy atom. The van der Waals surface area contributed by atoms with Crippen molar-refractivity contribution >= 4 is 17.4 Å². The van der Waals surface area contributed by atoms with Gasteiger partial charge in [-0.25, -0.2) is 0 Å². The number of hydrogen-bond acceptors (Lipinski definition) is 5. The molecule has 1 saturated heterocycles. The SMILES string of the molecule is CC(=O)c1ccc(C#N)cc1N1CCC(NC(=O)c2ccoc2C)CC1. The van der Waals surface area contributed by atoms with Gasteiger partial charge in [0.05, 0.1) is 23.5 Å². The van der Waals surface area contributed by atoms with Crippen LogP contribution in [-0.4, -0.2) is 30.8 Å². The molecular weight excluding hydrogens is 330 g/mol. The number of benzene rings is 1. The average Bonchev–Trinajstić information content (AvgIpc) is 3.08. The first-order valence-electron chi connectivity index (χ1n) is 8.64. The zero-order chi connectivity index (χ0) is 18.7. The summed E-state index contributed by atoms with van der Waals surface area (Å²) in [5.41, 5.74) is 2.52. The molecule has 2 aromatic rings. The summed E-state index contributed by atoms with van der Waals surface area (Å²) in [6.07, 6.45) is 3.06. The average molecular weight is 351 g/mol. The molecule has 2 heterocycles. The van der Waals surface area contributed by atoms with Crippen LogP contribution in [0.5, 0.6) is 0 Å². The minimum absolute atomic E-state index is 0.0182. The van der Waals surface area contributed by atoms with Gasteiger partial charge in [-0.3, -0.25) is 9.59 Å². The monoisotopic (exact) mass is 351 g/mol. The molecule has 1 fully saturated rings. The number of carbonyl (C=O) groups is 2. The van der Waals surface area contributed by atoms with E-state index in [0.717, 1.165) is 18.5 Å². The van der Waals surface area contributed by atoms with Crippen LogP contribution in [0.1, 0.15) is 51.8 Å². The Morgan fingerprint density at radius 2 is 1.96 bits per heavy atom. The maximum Gasteiger partial charge on any atom is 0.255 e. The molecule has 0 unspecified atom stereocenters. The third kappa shape index (κ3) is 3.62. The van der Waals surface area contributed by atoms with E-state index in [1.807, 2.05) is 0 Å². The third-order valence-corrected chi connectivity index (χ3v) is 4.78. The van der Waals surface area contributed by atoms with E-state index in [4.69, 9.17) is 9.68 Å². The first kappa shape index (κ1) is 17.7. The Balaban J connectivity index is 1.67. The lowest BCUT2D eigenvalue weighted by Crippen LogP contribution is -2.45. The third-order valence-electron chi connectivity index (χ3n) is 4.78. The maximum atomic E-state index is 12.3. The van der Waals surface area contributed by atoms with E-state index in [9.17, 15) is 9.59 Å². The molecule has 134 valence electrons. The summed E-state index contributed by atoms with van der Waals surface area (Å²) in [5, 5.41) is 12.2. The molecular formula is C20H21N3O3. The lowest BCUT2D eigenvalue weighted by molar-refractivity contribution is 0.0929. The number of amides is 1. The van der Waals surface area contributed by atoms with Crippen molar-refractivity contribution in [1.82, 2.24) is 5.32 Å². The molecule has 0 bridgehead atoms. The standard InChI is InChI=1S/C20H21N3O3/c1-13(24)17-4-3-15(12-21)11-19(17)23-8-5-16(6-9-23)22-20(25)18-7-10-26-14(18)2/h3-4,7,10-11,16H,5-6,8-9H2,1-2H3,(H,22,25). The summed E-state index contributed by atoms with van der Waals surface area (Å²) in [7, 11) is 0. The Bertz CT molecular complexity index is 871. The maximum absolute atomic E-state index is 12.3. The van der Waals surface area contributed by atoms with Crippen molar-refractivity contribution < 1.29 is 14.0 Å². The van der Waals surface area contributed by atoms with Gasteiger partial charge in [0.25, 0.3) is 5.91 Å². The number of hydrogen-bond donors (Lipinski definition) is 1. The van der Waals surface area contributed by atoms with Crippen molar-refractivity contribution in [3.63, 3.8) is 0 Å². The summed E-state index contributed by atoms with van der Waals surface area (Å²) in [4.78, 5) is 26.3. The number of furan rings is 1. The fourth-order valence-electron chi connectivity index (χ4n) is 3.31. The molecule has 0 aliphatic carbocycles. The van der Waals surface area contributed by atoms with Gasteiger partial charge in [-0.1, -0.05) is 0 Å². The molecule has 0 radical (unpaired) electrons. The molecule has 26 heavy (non-hydrogen) atoms. The molecule has 1 amide bonds. The molecule has 1 aliphatic rings. The van der Waals surface area contributed by atoms with E-state index in [0.29, 0.717) is 35.5 Å². The van der Waals surface area contributed by atoms with Gasteiger partial charge in [0.1, 0.15) is 5.76 Å². The zero-order valence-electron chi connectivity index (χ0n) is 14.9. The van der Waals surface area contributed by atoms with Gasteiger partial charge in [-0.15, -0.1) is 0 Å². The lowest BCUT2D eigenvalue weighted by atomic mass is 10.00. The van der Waals surface area contributed by atoms with Crippen LogP contribution in [0.25, 0.3) is 0 Å². The van der Waals surface area contributed by atoms with Gasteiger partial charge in [-0.05, 0) is 51.0 Å². The fraction of sp³-hybridized carbons (Fsp3) is 0.350. The number of nitrogens with zero attached hydrogens (tertiary/aromatic N) is 2.